The number of carbonyl (C=O) groups is 3. The van der Waals surface area contributed by atoms with Crippen molar-refractivity contribution >= 4 is 29.2 Å². The predicted octanol–water partition coefficient (Wildman–Crippen LogP) is 2.51. The number of anilines is 2. The minimum atomic E-state index is -0.324. The number of benzene rings is 2. The Morgan fingerprint density at radius 1 is 0.815 bits per heavy atom. The monoisotopic (exact) mass is 368 g/mol. The number of hydrogen-bond donors (Lipinski definition) is 4. The van der Waals surface area contributed by atoms with Crippen molar-refractivity contribution < 1.29 is 14.4 Å². The first-order valence-corrected chi connectivity index (χ1v) is 8.70. The van der Waals surface area contributed by atoms with Gasteiger partial charge in [-0.15, -0.1) is 0 Å². The first-order valence-electron chi connectivity index (χ1n) is 8.70. The quantitative estimate of drug-likeness (QED) is 0.604. The zero-order valence-electron chi connectivity index (χ0n) is 15.4. The molecule has 2 rings (SSSR count). The van der Waals surface area contributed by atoms with E-state index in [9.17, 15) is 14.4 Å². The molecule has 0 aromatic heterocycles. The van der Waals surface area contributed by atoms with Gasteiger partial charge in [0.2, 0.25) is 11.8 Å². The predicted molar refractivity (Wildman–Crippen MR) is 106 cm³/mol. The Morgan fingerprint density at radius 2 is 1.41 bits per heavy atom. The van der Waals surface area contributed by atoms with Crippen LogP contribution in [0.1, 0.15) is 19.4 Å². The Morgan fingerprint density at radius 3 is 2.00 bits per heavy atom. The second-order valence-electron chi connectivity index (χ2n) is 6.32. The van der Waals surface area contributed by atoms with E-state index in [1.165, 1.54) is 0 Å². The van der Waals surface area contributed by atoms with Crippen molar-refractivity contribution in [2.24, 2.45) is 0 Å². The number of rotatable bonds is 7. The molecule has 27 heavy (non-hydrogen) atoms. The molecule has 0 aliphatic carbocycles. The van der Waals surface area contributed by atoms with Crippen LogP contribution in [0.2, 0.25) is 0 Å². The topological polar surface area (TPSA) is 99.3 Å². The van der Waals surface area contributed by atoms with Gasteiger partial charge >= 0.3 is 6.03 Å². The first kappa shape index (κ1) is 20.0. The number of carbonyl (C=O) groups excluding carboxylic acids is 3. The standard InChI is InChI=1S/C20H24N4O3/c1-14(2)22-20(27)24-17-10-8-16(9-11-17)23-19(26)13-21-18(25)12-15-6-4-3-5-7-15/h3-11,14H,12-13H2,1-2H3,(H,21,25)(H,23,26)(H2,22,24,27). The summed E-state index contributed by atoms with van der Waals surface area (Å²) in [5.41, 5.74) is 2.08. The Bertz CT molecular complexity index is 774. The van der Waals surface area contributed by atoms with Gasteiger partial charge in [-0.05, 0) is 43.7 Å². The summed E-state index contributed by atoms with van der Waals surface area (Å²) in [5.74, 6) is -0.540. The maximum absolute atomic E-state index is 11.9. The Labute approximate surface area is 158 Å². The third kappa shape index (κ3) is 7.60. The van der Waals surface area contributed by atoms with Crippen LogP contribution in [-0.2, 0) is 16.0 Å². The van der Waals surface area contributed by atoms with Crippen molar-refractivity contribution in [1.29, 1.82) is 0 Å². The third-order valence-electron chi connectivity index (χ3n) is 3.50. The highest BCUT2D eigenvalue weighted by Crippen LogP contribution is 2.13. The molecule has 2 aromatic carbocycles. The molecule has 7 heteroatoms. The molecule has 0 bridgehead atoms. The maximum atomic E-state index is 11.9. The average Bonchev–Trinajstić information content (AvgIpc) is 2.62. The van der Waals surface area contributed by atoms with Crippen LogP contribution in [0.25, 0.3) is 0 Å². The van der Waals surface area contributed by atoms with Gasteiger partial charge in [0.1, 0.15) is 0 Å². The van der Waals surface area contributed by atoms with Gasteiger partial charge in [-0.3, -0.25) is 9.59 Å². The van der Waals surface area contributed by atoms with Crippen LogP contribution >= 0.6 is 0 Å². The second kappa shape index (κ2) is 9.96. The van der Waals surface area contributed by atoms with Crippen LogP contribution in [-0.4, -0.2) is 30.4 Å². The summed E-state index contributed by atoms with van der Waals surface area (Å²) in [6.45, 7) is 3.64. The summed E-state index contributed by atoms with van der Waals surface area (Å²) >= 11 is 0. The van der Waals surface area contributed by atoms with E-state index in [0.717, 1.165) is 5.56 Å². The second-order valence-corrected chi connectivity index (χ2v) is 6.32. The fourth-order valence-electron chi connectivity index (χ4n) is 2.29. The Balaban J connectivity index is 1.75. The largest absolute Gasteiger partial charge is 0.347 e. The SMILES string of the molecule is CC(C)NC(=O)Nc1ccc(NC(=O)CNC(=O)Cc2ccccc2)cc1. The zero-order chi connectivity index (χ0) is 19.6. The molecule has 0 aliphatic rings. The van der Waals surface area contributed by atoms with Gasteiger partial charge < -0.3 is 21.3 Å². The molecule has 7 nitrogen and oxygen atoms in total. The summed E-state index contributed by atoms with van der Waals surface area (Å²) in [6.07, 6.45) is 0.229. The van der Waals surface area contributed by atoms with E-state index in [1.807, 2.05) is 44.2 Å². The highest BCUT2D eigenvalue weighted by molar-refractivity contribution is 5.95. The van der Waals surface area contributed by atoms with Gasteiger partial charge in [-0.25, -0.2) is 4.79 Å². The molecular formula is C20H24N4O3. The fourth-order valence-corrected chi connectivity index (χ4v) is 2.29. The lowest BCUT2D eigenvalue weighted by molar-refractivity contribution is -0.123. The molecule has 0 saturated heterocycles. The van der Waals surface area contributed by atoms with Crippen molar-refractivity contribution in [3.8, 4) is 0 Å². The lowest BCUT2D eigenvalue weighted by Crippen LogP contribution is -2.34. The normalized spacial score (nSPS) is 10.2. The summed E-state index contributed by atoms with van der Waals surface area (Å²) in [6, 6.07) is 15.8. The van der Waals surface area contributed by atoms with Crippen molar-refractivity contribution in [3.05, 3.63) is 60.2 Å². The van der Waals surface area contributed by atoms with Crippen LogP contribution in [0.4, 0.5) is 16.2 Å². The maximum Gasteiger partial charge on any atom is 0.319 e. The third-order valence-corrected chi connectivity index (χ3v) is 3.50. The molecule has 0 unspecified atom stereocenters. The van der Waals surface area contributed by atoms with Gasteiger partial charge in [0.05, 0.1) is 13.0 Å². The molecule has 0 atom stereocenters. The van der Waals surface area contributed by atoms with Crippen molar-refractivity contribution in [1.82, 2.24) is 10.6 Å². The van der Waals surface area contributed by atoms with E-state index in [-0.39, 0.29) is 36.9 Å². The average molecular weight is 368 g/mol. The van der Waals surface area contributed by atoms with Crippen LogP contribution in [0.15, 0.2) is 54.6 Å². The van der Waals surface area contributed by atoms with Gasteiger partial charge in [0.25, 0.3) is 0 Å². The van der Waals surface area contributed by atoms with Crippen molar-refractivity contribution in [2.75, 3.05) is 17.2 Å². The van der Waals surface area contributed by atoms with Crippen LogP contribution in [0.5, 0.6) is 0 Å². The smallest absolute Gasteiger partial charge is 0.319 e. The highest BCUT2D eigenvalue weighted by atomic mass is 16.2. The summed E-state index contributed by atoms with van der Waals surface area (Å²) in [7, 11) is 0. The number of amides is 4. The molecule has 4 amide bonds. The molecule has 0 aliphatic heterocycles. The lowest BCUT2D eigenvalue weighted by Gasteiger charge is -2.11. The molecule has 4 N–H and O–H groups in total. The molecule has 0 saturated carbocycles. The molecule has 0 fully saturated rings. The van der Waals surface area contributed by atoms with Gasteiger partial charge in [0, 0.05) is 17.4 Å². The van der Waals surface area contributed by atoms with Crippen molar-refractivity contribution in [2.45, 2.75) is 26.3 Å². The molecule has 0 spiro atoms. The van der Waals surface area contributed by atoms with Gasteiger partial charge in [-0.2, -0.15) is 0 Å². The summed E-state index contributed by atoms with van der Waals surface area (Å²) < 4.78 is 0. The van der Waals surface area contributed by atoms with E-state index in [4.69, 9.17) is 0 Å². The minimum Gasteiger partial charge on any atom is -0.347 e. The molecule has 0 radical (unpaired) electrons. The van der Waals surface area contributed by atoms with E-state index in [0.29, 0.717) is 11.4 Å². The molecule has 0 heterocycles. The van der Waals surface area contributed by atoms with E-state index in [1.54, 1.807) is 24.3 Å². The molecule has 142 valence electrons. The zero-order valence-corrected chi connectivity index (χ0v) is 15.4. The molecular weight excluding hydrogens is 344 g/mol. The van der Waals surface area contributed by atoms with Crippen LogP contribution in [0, 0.1) is 0 Å². The number of nitrogens with one attached hydrogen (secondary N) is 4. The van der Waals surface area contributed by atoms with Gasteiger partial charge in [0.15, 0.2) is 0 Å². The van der Waals surface area contributed by atoms with Crippen LogP contribution < -0.4 is 21.3 Å². The highest BCUT2D eigenvalue weighted by Gasteiger charge is 2.08. The van der Waals surface area contributed by atoms with Crippen LogP contribution in [0.3, 0.4) is 0 Å². The number of urea groups is 1. The van der Waals surface area contributed by atoms with E-state index < -0.39 is 0 Å². The van der Waals surface area contributed by atoms with Gasteiger partial charge in [-0.1, -0.05) is 30.3 Å². The van der Waals surface area contributed by atoms with E-state index >= 15 is 0 Å². The Kier molecular flexibility index (Phi) is 7.37. The first-order chi connectivity index (χ1) is 12.9. The Hall–Kier alpha value is -3.35. The minimum absolute atomic E-state index is 0.0423. The number of hydrogen-bond acceptors (Lipinski definition) is 3. The molecule has 2 aromatic rings. The summed E-state index contributed by atoms with van der Waals surface area (Å²) in [5, 5.41) is 10.7. The van der Waals surface area contributed by atoms with Crippen molar-refractivity contribution in [3.63, 3.8) is 0 Å². The fraction of sp³-hybridized carbons (Fsp3) is 0.250. The lowest BCUT2D eigenvalue weighted by atomic mass is 10.1. The van der Waals surface area contributed by atoms with E-state index in [2.05, 4.69) is 21.3 Å². The summed E-state index contributed by atoms with van der Waals surface area (Å²) in [4.78, 5) is 35.4.